The van der Waals surface area contributed by atoms with Gasteiger partial charge in [-0.2, -0.15) is 0 Å². The van der Waals surface area contributed by atoms with Gasteiger partial charge in [0, 0.05) is 43.4 Å². The summed E-state index contributed by atoms with van der Waals surface area (Å²) in [4.78, 5) is 27.1. The highest BCUT2D eigenvalue weighted by Crippen LogP contribution is 2.18. The number of carbonyl (C=O) groups is 1. The van der Waals surface area contributed by atoms with E-state index in [4.69, 9.17) is 0 Å². The van der Waals surface area contributed by atoms with E-state index in [1.807, 2.05) is 36.4 Å². The quantitative estimate of drug-likeness (QED) is 0.625. The lowest BCUT2D eigenvalue weighted by molar-refractivity contribution is 0.102. The monoisotopic (exact) mass is 376 g/mol. The van der Waals surface area contributed by atoms with Gasteiger partial charge in [0.1, 0.15) is 11.5 Å². The van der Waals surface area contributed by atoms with Crippen LogP contribution in [0.3, 0.4) is 0 Å². The molecular weight excluding hydrogens is 352 g/mol. The van der Waals surface area contributed by atoms with Crippen LogP contribution in [0.25, 0.3) is 0 Å². The molecule has 0 fully saturated rings. The van der Waals surface area contributed by atoms with Gasteiger partial charge >= 0.3 is 0 Å². The second kappa shape index (κ2) is 9.45. The Bertz CT molecular complexity index is 877. The first-order valence-electron chi connectivity index (χ1n) is 9.30. The van der Waals surface area contributed by atoms with Crippen molar-refractivity contribution in [2.24, 2.45) is 0 Å². The molecule has 144 valence electrons. The van der Waals surface area contributed by atoms with Crippen molar-refractivity contribution in [3.8, 4) is 0 Å². The average molecular weight is 376 g/mol. The molecule has 0 saturated carbocycles. The highest BCUT2D eigenvalue weighted by molar-refractivity contribution is 6.02. The zero-order valence-electron chi connectivity index (χ0n) is 16.1. The molecule has 2 heterocycles. The van der Waals surface area contributed by atoms with E-state index < -0.39 is 0 Å². The maximum absolute atomic E-state index is 12.4. The number of hydrogen-bond donors (Lipinski definition) is 2. The predicted molar refractivity (Wildman–Crippen MR) is 112 cm³/mol. The molecular formula is C21H24N6O. The third-order valence-corrected chi connectivity index (χ3v) is 4.33. The minimum Gasteiger partial charge on any atom is -0.372 e. The molecule has 0 aliphatic rings. The van der Waals surface area contributed by atoms with E-state index >= 15 is 0 Å². The second-order valence-electron chi connectivity index (χ2n) is 6.17. The third-order valence-electron chi connectivity index (χ3n) is 4.33. The predicted octanol–water partition coefficient (Wildman–Crippen LogP) is 3.58. The minimum absolute atomic E-state index is 0.264. The highest BCUT2D eigenvalue weighted by Gasteiger charge is 2.09. The van der Waals surface area contributed by atoms with E-state index in [2.05, 4.69) is 44.3 Å². The second-order valence-corrected chi connectivity index (χ2v) is 6.17. The van der Waals surface area contributed by atoms with E-state index in [0.29, 0.717) is 12.4 Å². The molecule has 0 aliphatic heterocycles. The topological polar surface area (TPSA) is 83.0 Å². The molecule has 0 saturated heterocycles. The van der Waals surface area contributed by atoms with E-state index in [1.165, 1.54) is 6.20 Å². The van der Waals surface area contributed by atoms with Gasteiger partial charge in [-0.1, -0.05) is 6.07 Å². The molecule has 3 rings (SSSR count). The molecule has 0 spiro atoms. The van der Waals surface area contributed by atoms with Crippen LogP contribution in [0.15, 0.2) is 61.2 Å². The Balaban J connectivity index is 1.57. The molecule has 2 N–H and O–H groups in total. The number of nitrogens with one attached hydrogen (secondary N) is 2. The van der Waals surface area contributed by atoms with Crippen molar-refractivity contribution in [2.75, 3.05) is 28.6 Å². The summed E-state index contributed by atoms with van der Waals surface area (Å²) >= 11 is 0. The first-order chi connectivity index (χ1) is 13.7. The molecule has 0 bridgehead atoms. The summed E-state index contributed by atoms with van der Waals surface area (Å²) in [6.07, 6.45) is 6.53. The van der Waals surface area contributed by atoms with Crippen LogP contribution < -0.4 is 15.5 Å². The van der Waals surface area contributed by atoms with Crippen LogP contribution in [-0.2, 0) is 6.54 Å². The van der Waals surface area contributed by atoms with Gasteiger partial charge in [0.25, 0.3) is 5.91 Å². The van der Waals surface area contributed by atoms with Crippen LogP contribution in [0.4, 0.5) is 17.2 Å². The van der Waals surface area contributed by atoms with Gasteiger partial charge in [-0.15, -0.1) is 0 Å². The van der Waals surface area contributed by atoms with Gasteiger partial charge in [-0.25, -0.2) is 9.97 Å². The molecule has 1 aromatic carbocycles. The molecule has 2 aromatic heterocycles. The van der Waals surface area contributed by atoms with Crippen molar-refractivity contribution in [1.82, 2.24) is 15.0 Å². The summed E-state index contributed by atoms with van der Waals surface area (Å²) in [6.45, 7) is 6.71. The average Bonchev–Trinajstić information content (AvgIpc) is 2.75. The van der Waals surface area contributed by atoms with Crippen LogP contribution in [0.1, 0.15) is 29.9 Å². The van der Waals surface area contributed by atoms with E-state index in [-0.39, 0.29) is 11.6 Å². The molecule has 7 heteroatoms. The Morgan fingerprint density at radius 1 is 1.00 bits per heavy atom. The number of nitrogens with zero attached hydrogens (tertiary/aromatic N) is 4. The summed E-state index contributed by atoms with van der Waals surface area (Å²) in [5.74, 6) is 0.311. The zero-order valence-corrected chi connectivity index (χ0v) is 16.1. The van der Waals surface area contributed by atoms with Crippen molar-refractivity contribution in [3.05, 3.63) is 72.4 Å². The van der Waals surface area contributed by atoms with Gasteiger partial charge < -0.3 is 15.5 Å². The summed E-state index contributed by atoms with van der Waals surface area (Å²) in [6, 6.07) is 11.6. The summed E-state index contributed by atoms with van der Waals surface area (Å²) < 4.78 is 0. The minimum atomic E-state index is -0.290. The van der Waals surface area contributed by atoms with Crippen LogP contribution in [0.5, 0.6) is 0 Å². The number of carbonyl (C=O) groups excluding carboxylic acids is 1. The van der Waals surface area contributed by atoms with E-state index in [9.17, 15) is 4.79 Å². The fraction of sp³-hybridized carbons (Fsp3) is 0.238. The SMILES string of the molecule is CCN(CC)c1ccc(NC(=O)c2cnc(NCc3cccnc3)cn2)cc1. The van der Waals surface area contributed by atoms with Crippen LogP contribution in [0, 0.1) is 0 Å². The first-order valence-corrected chi connectivity index (χ1v) is 9.30. The van der Waals surface area contributed by atoms with Crippen molar-refractivity contribution in [2.45, 2.75) is 20.4 Å². The zero-order chi connectivity index (χ0) is 19.8. The van der Waals surface area contributed by atoms with E-state index in [0.717, 1.165) is 30.0 Å². The maximum Gasteiger partial charge on any atom is 0.275 e. The van der Waals surface area contributed by atoms with E-state index in [1.54, 1.807) is 18.6 Å². The number of benzene rings is 1. The van der Waals surface area contributed by atoms with Crippen LogP contribution >= 0.6 is 0 Å². The Kier molecular flexibility index (Phi) is 6.51. The summed E-state index contributed by atoms with van der Waals surface area (Å²) in [5.41, 5.74) is 3.16. The number of amides is 1. The molecule has 28 heavy (non-hydrogen) atoms. The summed E-state index contributed by atoms with van der Waals surface area (Å²) in [7, 11) is 0. The van der Waals surface area contributed by atoms with Crippen LogP contribution in [-0.4, -0.2) is 33.9 Å². The maximum atomic E-state index is 12.4. The molecule has 1 amide bonds. The first kappa shape index (κ1) is 19.3. The number of pyridine rings is 1. The standard InChI is InChI=1S/C21H24N6O/c1-3-27(4-2)18-9-7-17(8-10-18)26-21(28)19-14-25-20(15-23-19)24-13-16-6-5-11-22-12-16/h5-12,14-15H,3-4,13H2,1-2H3,(H,24,25)(H,26,28). The van der Waals surface area contributed by atoms with Crippen LogP contribution in [0.2, 0.25) is 0 Å². The fourth-order valence-electron chi connectivity index (χ4n) is 2.77. The highest BCUT2D eigenvalue weighted by atomic mass is 16.1. The third kappa shape index (κ3) is 5.03. The number of rotatable bonds is 8. The lowest BCUT2D eigenvalue weighted by Gasteiger charge is -2.21. The molecule has 0 radical (unpaired) electrons. The van der Waals surface area contributed by atoms with Crippen molar-refractivity contribution < 1.29 is 4.79 Å². The fourth-order valence-corrected chi connectivity index (χ4v) is 2.77. The molecule has 0 atom stereocenters. The Hall–Kier alpha value is -3.48. The lowest BCUT2D eigenvalue weighted by Crippen LogP contribution is -2.21. The molecule has 0 unspecified atom stereocenters. The largest absolute Gasteiger partial charge is 0.372 e. The molecule has 7 nitrogen and oxygen atoms in total. The van der Waals surface area contributed by atoms with Crippen molar-refractivity contribution >= 4 is 23.1 Å². The Morgan fingerprint density at radius 3 is 2.39 bits per heavy atom. The van der Waals surface area contributed by atoms with Gasteiger partial charge in [0.2, 0.25) is 0 Å². The number of anilines is 3. The Morgan fingerprint density at radius 2 is 1.79 bits per heavy atom. The van der Waals surface area contributed by atoms with Gasteiger partial charge in [-0.3, -0.25) is 9.78 Å². The number of aromatic nitrogens is 3. The van der Waals surface area contributed by atoms with Gasteiger partial charge in [0.15, 0.2) is 0 Å². The van der Waals surface area contributed by atoms with Gasteiger partial charge in [0.05, 0.1) is 12.4 Å². The van der Waals surface area contributed by atoms with Crippen molar-refractivity contribution in [3.63, 3.8) is 0 Å². The number of hydrogen-bond acceptors (Lipinski definition) is 6. The molecule has 0 aliphatic carbocycles. The van der Waals surface area contributed by atoms with Gasteiger partial charge in [-0.05, 0) is 49.7 Å². The van der Waals surface area contributed by atoms with Crippen molar-refractivity contribution in [1.29, 1.82) is 0 Å². The lowest BCUT2D eigenvalue weighted by atomic mass is 10.2. The summed E-state index contributed by atoms with van der Waals surface area (Å²) in [5, 5.41) is 6.00. The smallest absolute Gasteiger partial charge is 0.275 e. The molecule has 3 aromatic rings. The normalized spacial score (nSPS) is 10.4. The Labute approximate surface area is 164 Å².